The number of rotatable bonds is 3. The Morgan fingerprint density at radius 3 is 3.21 bits per heavy atom. The summed E-state index contributed by atoms with van der Waals surface area (Å²) in [6.07, 6.45) is 1.44. The maximum Gasteiger partial charge on any atom is 0.325 e. The maximum absolute atomic E-state index is 10.7. The average molecular weight is 192 g/mol. The van der Waals surface area contributed by atoms with Crippen molar-refractivity contribution in [2.45, 2.75) is 0 Å². The number of hydrogen-bond donors (Lipinski definition) is 1. The predicted molar refractivity (Wildman–Crippen MR) is 47.3 cm³/mol. The van der Waals surface area contributed by atoms with Crippen LogP contribution in [0.4, 0.5) is 5.95 Å². The lowest BCUT2D eigenvalue weighted by Gasteiger charge is -2.01. The SMILES string of the molecule is COC(=O)CNc1nccc(C#N)n1. The minimum atomic E-state index is -0.420. The van der Waals surface area contributed by atoms with Crippen molar-refractivity contribution in [3.05, 3.63) is 18.0 Å². The highest BCUT2D eigenvalue weighted by Crippen LogP contribution is 1.98. The summed E-state index contributed by atoms with van der Waals surface area (Å²) in [5.74, 6) is -0.189. The fraction of sp³-hybridized carbons (Fsp3) is 0.250. The molecule has 6 heteroatoms. The molecule has 72 valence electrons. The minimum Gasteiger partial charge on any atom is -0.468 e. The van der Waals surface area contributed by atoms with Gasteiger partial charge < -0.3 is 10.1 Å². The molecule has 0 saturated carbocycles. The number of carbonyl (C=O) groups is 1. The molecule has 14 heavy (non-hydrogen) atoms. The van der Waals surface area contributed by atoms with E-state index in [1.54, 1.807) is 0 Å². The molecule has 0 radical (unpaired) electrons. The van der Waals surface area contributed by atoms with Crippen LogP contribution in [0.5, 0.6) is 0 Å². The third-order valence-corrected chi connectivity index (χ3v) is 1.39. The molecule has 0 unspecified atom stereocenters. The Bertz CT molecular complexity index is 372. The molecule has 0 bridgehead atoms. The first-order valence-corrected chi connectivity index (χ1v) is 3.80. The normalized spacial score (nSPS) is 8.86. The van der Waals surface area contributed by atoms with Gasteiger partial charge in [-0.1, -0.05) is 0 Å². The average Bonchev–Trinajstić information content (AvgIpc) is 2.26. The number of anilines is 1. The van der Waals surface area contributed by atoms with Gasteiger partial charge in [-0.3, -0.25) is 4.79 Å². The molecule has 6 nitrogen and oxygen atoms in total. The summed E-state index contributed by atoms with van der Waals surface area (Å²) in [5, 5.41) is 11.1. The van der Waals surface area contributed by atoms with Crippen molar-refractivity contribution in [2.24, 2.45) is 0 Å². The molecule has 1 N–H and O–H groups in total. The molecular weight excluding hydrogens is 184 g/mol. The van der Waals surface area contributed by atoms with Gasteiger partial charge in [0.25, 0.3) is 0 Å². The molecule has 0 aliphatic rings. The summed E-state index contributed by atoms with van der Waals surface area (Å²) in [4.78, 5) is 18.4. The first-order valence-electron chi connectivity index (χ1n) is 3.80. The second-order valence-electron chi connectivity index (χ2n) is 2.31. The molecule has 0 aliphatic carbocycles. The van der Waals surface area contributed by atoms with Crippen LogP contribution < -0.4 is 5.32 Å². The quantitative estimate of drug-likeness (QED) is 0.674. The van der Waals surface area contributed by atoms with E-state index in [2.05, 4.69) is 20.0 Å². The Hall–Kier alpha value is -2.16. The largest absolute Gasteiger partial charge is 0.468 e. The number of carbonyl (C=O) groups excluding carboxylic acids is 1. The molecule has 1 aromatic rings. The molecular formula is C8H8N4O2. The Morgan fingerprint density at radius 2 is 2.57 bits per heavy atom. The Balaban J connectivity index is 2.60. The van der Waals surface area contributed by atoms with Gasteiger partial charge in [0.2, 0.25) is 5.95 Å². The van der Waals surface area contributed by atoms with Crippen molar-refractivity contribution in [2.75, 3.05) is 19.0 Å². The van der Waals surface area contributed by atoms with Gasteiger partial charge >= 0.3 is 5.97 Å². The van der Waals surface area contributed by atoms with Crippen LogP contribution in [0.3, 0.4) is 0 Å². The summed E-state index contributed by atoms with van der Waals surface area (Å²) >= 11 is 0. The number of ether oxygens (including phenoxy) is 1. The van der Waals surface area contributed by atoms with Crippen molar-refractivity contribution in [3.8, 4) is 6.07 Å². The first kappa shape index (κ1) is 9.92. The van der Waals surface area contributed by atoms with Gasteiger partial charge in [0, 0.05) is 6.20 Å². The molecule has 1 heterocycles. The van der Waals surface area contributed by atoms with Crippen LogP contribution in [-0.4, -0.2) is 29.6 Å². The van der Waals surface area contributed by atoms with E-state index in [1.165, 1.54) is 19.4 Å². The van der Waals surface area contributed by atoms with Crippen molar-refractivity contribution in [3.63, 3.8) is 0 Å². The van der Waals surface area contributed by atoms with Crippen LogP contribution in [0.2, 0.25) is 0 Å². The Kier molecular flexibility index (Phi) is 3.38. The van der Waals surface area contributed by atoms with E-state index >= 15 is 0 Å². The first-order chi connectivity index (χ1) is 6.76. The number of nitriles is 1. The van der Waals surface area contributed by atoms with Gasteiger partial charge in [0.05, 0.1) is 7.11 Å². The number of methoxy groups -OCH3 is 1. The van der Waals surface area contributed by atoms with Crippen LogP contribution in [0.15, 0.2) is 12.3 Å². The van der Waals surface area contributed by atoms with Crippen LogP contribution in [0, 0.1) is 11.3 Å². The van der Waals surface area contributed by atoms with Gasteiger partial charge in [0.15, 0.2) is 0 Å². The lowest BCUT2D eigenvalue weighted by molar-refractivity contribution is -0.138. The molecule has 0 aliphatic heterocycles. The lowest BCUT2D eigenvalue weighted by Crippen LogP contribution is -2.16. The number of nitrogens with zero attached hydrogens (tertiary/aromatic N) is 3. The molecule has 0 spiro atoms. The van der Waals surface area contributed by atoms with Crippen molar-refractivity contribution >= 4 is 11.9 Å². The van der Waals surface area contributed by atoms with E-state index in [9.17, 15) is 4.79 Å². The van der Waals surface area contributed by atoms with Gasteiger partial charge in [0.1, 0.15) is 18.3 Å². The molecule has 1 rings (SSSR count). The highest BCUT2D eigenvalue weighted by Gasteiger charge is 2.01. The summed E-state index contributed by atoms with van der Waals surface area (Å²) in [7, 11) is 1.29. The number of hydrogen-bond acceptors (Lipinski definition) is 6. The Labute approximate surface area is 80.5 Å². The molecule has 0 fully saturated rings. The van der Waals surface area contributed by atoms with Gasteiger partial charge in [-0.25, -0.2) is 9.97 Å². The number of aromatic nitrogens is 2. The summed E-state index contributed by atoms with van der Waals surface area (Å²) in [6.45, 7) is -0.0224. The fourth-order valence-corrected chi connectivity index (χ4v) is 0.730. The number of nitrogens with one attached hydrogen (secondary N) is 1. The zero-order valence-corrected chi connectivity index (χ0v) is 7.52. The van der Waals surface area contributed by atoms with E-state index < -0.39 is 5.97 Å². The lowest BCUT2D eigenvalue weighted by atomic mass is 10.4. The van der Waals surface area contributed by atoms with Crippen LogP contribution in [0.1, 0.15) is 5.69 Å². The number of esters is 1. The third-order valence-electron chi connectivity index (χ3n) is 1.39. The summed E-state index contributed by atoms with van der Waals surface area (Å²) < 4.78 is 4.41. The van der Waals surface area contributed by atoms with E-state index in [0.29, 0.717) is 0 Å². The van der Waals surface area contributed by atoms with Crippen molar-refractivity contribution in [1.29, 1.82) is 5.26 Å². The van der Waals surface area contributed by atoms with Crippen molar-refractivity contribution in [1.82, 2.24) is 9.97 Å². The zero-order valence-electron chi connectivity index (χ0n) is 7.52. The molecule has 0 aromatic carbocycles. The summed E-state index contributed by atoms with van der Waals surface area (Å²) in [5.41, 5.74) is 0.243. The predicted octanol–water partition coefficient (Wildman–Crippen LogP) is -0.0668. The van der Waals surface area contributed by atoms with E-state index in [-0.39, 0.29) is 18.2 Å². The molecule has 1 aromatic heterocycles. The summed E-state index contributed by atoms with van der Waals surface area (Å²) in [6, 6.07) is 3.34. The smallest absolute Gasteiger partial charge is 0.325 e. The van der Waals surface area contributed by atoms with Gasteiger partial charge in [-0.2, -0.15) is 5.26 Å². The van der Waals surface area contributed by atoms with E-state index in [0.717, 1.165) is 0 Å². The zero-order chi connectivity index (χ0) is 10.4. The topological polar surface area (TPSA) is 87.9 Å². The van der Waals surface area contributed by atoms with E-state index in [1.807, 2.05) is 6.07 Å². The van der Waals surface area contributed by atoms with Crippen molar-refractivity contribution < 1.29 is 9.53 Å². The van der Waals surface area contributed by atoms with E-state index in [4.69, 9.17) is 5.26 Å². The minimum absolute atomic E-state index is 0.0224. The third kappa shape index (κ3) is 2.71. The molecule has 0 atom stereocenters. The highest BCUT2D eigenvalue weighted by atomic mass is 16.5. The highest BCUT2D eigenvalue weighted by molar-refractivity contribution is 5.73. The fourth-order valence-electron chi connectivity index (χ4n) is 0.730. The standard InChI is InChI=1S/C8H8N4O2/c1-14-7(13)5-11-8-10-3-2-6(4-9)12-8/h2-3H,5H2,1H3,(H,10,11,12). The second-order valence-corrected chi connectivity index (χ2v) is 2.31. The second kappa shape index (κ2) is 4.77. The Morgan fingerprint density at radius 1 is 1.79 bits per heavy atom. The van der Waals surface area contributed by atoms with Gasteiger partial charge in [-0.15, -0.1) is 0 Å². The van der Waals surface area contributed by atoms with Gasteiger partial charge in [-0.05, 0) is 6.07 Å². The maximum atomic E-state index is 10.7. The van der Waals surface area contributed by atoms with Crippen LogP contribution in [-0.2, 0) is 9.53 Å². The monoisotopic (exact) mass is 192 g/mol. The van der Waals surface area contributed by atoms with Crippen LogP contribution >= 0.6 is 0 Å². The molecule has 0 amide bonds. The van der Waals surface area contributed by atoms with Crippen LogP contribution in [0.25, 0.3) is 0 Å². The molecule has 0 saturated heterocycles.